The lowest BCUT2D eigenvalue weighted by atomic mass is 10.1. The van der Waals surface area contributed by atoms with Gasteiger partial charge >= 0.3 is 0 Å². The summed E-state index contributed by atoms with van der Waals surface area (Å²) in [7, 11) is 0. The number of nitrogens with two attached hydrogens (primary N) is 1. The fraction of sp³-hybridized carbons (Fsp3) is 0.125. The van der Waals surface area contributed by atoms with Crippen LogP contribution in [0.2, 0.25) is 0 Å². The van der Waals surface area contributed by atoms with Gasteiger partial charge < -0.3 is 5.73 Å². The molecule has 2 aromatic carbocycles. The van der Waals surface area contributed by atoms with Crippen molar-refractivity contribution < 1.29 is 8.78 Å². The van der Waals surface area contributed by atoms with Gasteiger partial charge in [0.25, 0.3) is 0 Å². The molecule has 4 nitrogen and oxygen atoms in total. The maximum Gasteiger partial charge on any atom is 0.214 e. The zero-order valence-electron chi connectivity index (χ0n) is 12.1. The third kappa shape index (κ3) is 3.87. The molecule has 0 aliphatic carbocycles. The summed E-state index contributed by atoms with van der Waals surface area (Å²) in [4.78, 5) is 5.02. The third-order valence-corrected chi connectivity index (χ3v) is 4.29. The highest BCUT2D eigenvalue weighted by Gasteiger charge is 2.16. The van der Waals surface area contributed by atoms with Gasteiger partial charge in [0.2, 0.25) is 5.96 Å². The third-order valence-electron chi connectivity index (χ3n) is 3.21. The van der Waals surface area contributed by atoms with Crippen LogP contribution in [0, 0.1) is 11.6 Å². The lowest BCUT2D eigenvalue weighted by molar-refractivity contribution is 0.626. The molecule has 0 spiro atoms. The van der Waals surface area contributed by atoms with E-state index in [0.29, 0.717) is 12.1 Å². The Morgan fingerprint density at radius 2 is 1.96 bits per heavy atom. The van der Waals surface area contributed by atoms with Gasteiger partial charge in [0.05, 0.1) is 11.4 Å². The largest absolute Gasteiger partial charge is 0.368 e. The summed E-state index contributed by atoms with van der Waals surface area (Å²) in [6.07, 6.45) is 0.696. The van der Waals surface area contributed by atoms with Crippen molar-refractivity contribution in [1.82, 2.24) is 5.43 Å². The number of hydrogen-bond donors (Lipinski definition) is 2. The first-order valence-electron chi connectivity index (χ1n) is 6.97. The molecule has 118 valence electrons. The second-order valence-corrected chi connectivity index (χ2v) is 6.02. The van der Waals surface area contributed by atoms with E-state index in [0.717, 1.165) is 21.9 Å². The highest BCUT2D eigenvalue weighted by atomic mass is 32.2. The summed E-state index contributed by atoms with van der Waals surface area (Å²) in [5.74, 6) is 0.207. The Hall–Kier alpha value is -2.41. The van der Waals surface area contributed by atoms with Crippen LogP contribution >= 0.6 is 11.8 Å². The van der Waals surface area contributed by atoms with Gasteiger partial charge in [-0.2, -0.15) is 5.10 Å². The highest BCUT2D eigenvalue weighted by Crippen LogP contribution is 2.30. The molecule has 0 bridgehead atoms. The Morgan fingerprint density at radius 3 is 2.78 bits per heavy atom. The molecule has 0 radical (unpaired) electrons. The summed E-state index contributed by atoms with van der Waals surface area (Å²) in [5.41, 5.74) is 10.3. The normalized spacial score (nSPS) is 16.3. The number of hydrazone groups is 1. The van der Waals surface area contributed by atoms with Gasteiger partial charge in [0.1, 0.15) is 11.6 Å². The van der Waals surface area contributed by atoms with Crippen LogP contribution in [0.1, 0.15) is 12.0 Å². The first kappa shape index (κ1) is 15.5. The van der Waals surface area contributed by atoms with Gasteiger partial charge in [0.15, 0.2) is 0 Å². The molecule has 1 aliphatic rings. The molecule has 0 atom stereocenters. The van der Waals surface area contributed by atoms with E-state index in [-0.39, 0.29) is 17.6 Å². The van der Waals surface area contributed by atoms with E-state index in [4.69, 9.17) is 5.73 Å². The molecule has 3 N–H and O–H groups in total. The van der Waals surface area contributed by atoms with Crippen LogP contribution in [0.15, 0.2) is 57.5 Å². The van der Waals surface area contributed by atoms with Crippen LogP contribution in [-0.2, 0) is 0 Å². The van der Waals surface area contributed by atoms with Crippen LogP contribution in [0.5, 0.6) is 0 Å². The minimum atomic E-state index is -0.390. The number of halogens is 2. The number of nitrogens with one attached hydrogen (secondary N) is 1. The Morgan fingerprint density at radius 1 is 1.13 bits per heavy atom. The van der Waals surface area contributed by atoms with Crippen molar-refractivity contribution in [2.75, 3.05) is 5.75 Å². The molecule has 23 heavy (non-hydrogen) atoms. The van der Waals surface area contributed by atoms with E-state index >= 15 is 0 Å². The Bertz CT molecular complexity index is 789. The Balaban J connectivity index is 1.80. The fourth-order valence-corrected chi connectivity index (χ4v) is 3.21. The maximum atomic E-state index is 13.4. The number of aliphatic imine (C=N–C) groups is 1. The summed E-state index contributed by atoms with van der Waals surface area (Å²) in [6, 6.07) is 10.4. The molecule has 0 amide bonds. The molecule has 0 fully saturated rings. The molecule has 1 heterocycles. The number of fused-ring (bicyclic) bond motifs is 1. The second kappa shape index (κ2) is 6.78. The van der Waals surface area contributed by atoms with Crippen molar-refractivity contribution in [3.63, 3.8) is 0 Å². The number of benzene rings is 2. The van der Waals surface area contributed by atoms with E-state index in [1.807, 2.05) is 0 Å². The fourth-order valence-electron chi connectivity index (χ4n) is 2.20. The lowest BCUT2D eigenvalue weighted by Gasteiger charge is -2.17. The van der Waals surface area contributed by atoms with Crippen LogP contribution in [0.25, 0.3) is 0 Å². The molecule has 7 heteroatoms. The van der Waals surface area contributed by atoms with E-state index in [2.05, 4.69) is 15.5 Å². The van der Waals surface area contributed by atoms with Crippen molar-refractivity contribution in [3.8, 4) is 0 Å². The standard InChI is InChI=1S/C16H14F2N4S/c17-10-2-1-3-12(8-10)20-16(19)22-21-14-6-7-23-15-5-4-11(18)9-13(14)15/h1-5,8-9H,6-7H2,(H3,19,20,22)/b21-14+. The number of rotatable bonds is 2. The number of nitrogens with zero attached hydrogens (tertiary/aromatic N) is 2. The molecule has 1 aliphatic heterocycles. The first-order chi connectivity index (χ1) is 11.1. The molecule has 0 saturated carbocycles. The zero-order chi connectivity index (χ0) is 16.2. The Labute approximate surface area is 136 Å². The van der Waals surface area contributed by atoms with Crippen molar-refractivity contribution in [2.45, 2.75) is 11.3 Å². The van der Waals surface area contributed by atoms with Crippen LogP contribution in [-0.4, -0.2) is 17.4 Å². The van der Waals surface area contributed by atoms with Gasteiger partial charge in [-0.25, -0.2) is 19.2 Å². The van der Waals surface area contributed by atoms with Gasteiger partial charge in [-0.05, 0) is 36.4 Å². The quantitative estimate of drug-likeness (QED) is 0.503. The summed E-state index contributed by atoms with van der Waals surface area (Å²) in [6.45, 7) is 0. The SMILES string of the molecule is NC(=Nc1cccc(F)c1)N/N=C1\CCSc2ccc(F)cc21. The van der Waals surface area contributed by atoms with Crippen LogP contribution in [0.4, 0.5) is 14.5 Å². The average molecular weight is 332 g/mol. The first-order valence-corrected chi connectivity index (χ1v) is 7.95. The molecule has 3 rings (SSSR count). The van der Waals surface area contributed by atoms with Gasteiger partial charge in [-0.1, -0.05) is 6.07 Å². The smallest absolute Gasteiger partial charge is 0.214 e. The van der Waals surface area contributed by atoms with Crippen LogP contribution < -0.4 is 11.2 Å². The molecule has 0 unspecified atom stereocenters. The van der Waals surface area contributed by atoms with Crippen molar-refractivity contribution in [1.29, 1.82) is 0 Å². The molecule has 2 aromatic rings. The highest BCUT2D eigenvalue weighted by molar-refractivity contribution is 7.99. The molecule has 0 saturated heterocycles. The minimum Gasteiger partial charge on any atom is -0.368 e. The zero-order valence-corrected chi connectivity index (χ0v) is 12.9. The maximum absolute atomic E-state index is 13.4. The van der Waals surface area contributed by atoms with Crippen molar-refractivity contribution >= 4 is 29.1 Å². The van der Waals surface area contributed by atoms with E-state index in [9.17, 15) is 8.78 Å². The molecular weight excluding hydrogens is 318 g/mol. The predicted molar refractivity (Wildman–Crippen MR) is 89.1 cm³/mol. The Kier molecular flexibility index (Phi) is 4.57. The number of guanidine groups is 1. The van der Waals surface area contributed by atoms with Crippen molar-refractivity contribution in [3.05, 3.63) is 59.7 Å². The van der Waals surface area contributed by atoms with E-state index in [1.54, 1.807) is 30.0 Å². The minimum absolute atomic E-state index is 0.0410. The van der Waals surface area contributed by atoms with Crippen LogP contribution in [0.3, 0.4) is 0 Å². The average Bonchev–Trinajstić information content (AvgIpc) is 2.53. The summed E-state index contributed by atoms with van der Waals surface area (Å²) < 4.78 is 26.5. The molecular formula is C16H14F2N4S. The van der Waals surface area contributed by atoms with E-state index in [1.165, 1.54) is 24.3 Å². The number of thioether (sulfide) groups is 1. The predicted octanol–water partition coefficient (Wildman–Crippen LogP) is 3.40. The van der Waals surface area contributed by atoms with Crippen molar-refractivity contribution in [2.24, 2.45) is 15.8 Å². The van der Waals surface area contributed by atoms with Gasteiger partial charge in [0, 0.05) is 22.6 Å². The summed E-state index contributed by atoms with van der Waals surface area (Å²) >= 11 is 1.66. The lowest BCUT2D eigenvalue weighted by Crippen LogP contribution is -2.28. The molecule has 0 aromatic heterocycles. The number of hydrogen-bond acceptors (Lipinski definition) is 3. The van der Waals surface area contributed by atoms with E-state index < -0.39 is 0 Å². The van der Waals surface area contributed by atoms with Gasteiger partial charge in [-0.15, -0.1) is 11.8 Å². The van der Waals surface area contributed by atoms with Gasteiger partial charge in [-0.3, -0.25) is 0 Å². The second-order valence-electron chi connectivity index (χ2n) is 4.89. The summed E-state index contributed by atoms with van der Waals surface area (Å²) in [5, 5.41) is 4.22. The topological polar surface area (TPSA) is 62.8 Å². The monoisotopic (exact) mass is 332 g/mol.